The molecule has 92 valence electrons. The van der Waals surface area contributed by atoms with Gasteiger partial charge in [-0.3, -0.25) is 4.79 Å². The van der Waals surface area contributed by atoms with Crippen LogP contribution in [-0.4, -0.2) is 51.6 Å². The fraction of sp³-hybridized carbons (Fsp3) is 0.800. The van der Waals surface area contributed by atoms with Crippen LogP contribution in [0.4, 0.5) is 4.79 Å². The molecule has 2 amide bonds. The third-order valence-corrected chi connectivity index (χ3v) is 3.64. The molecule has 0 aromatic heterocycles. The fourth-order valence-corrected chi connectivity index (χ4v) is 3.01. The average Bonchev–Trinajstić information content (AvgIpc) is 2.15. The molecule has 0 aromatic carbocycles. The van der Waals surface area contributed by atoms with Gasteiger partial charge >= 0.3 is 12.0 Å². The molecule has 0 aromatic rings. The number of nitrogens with one attached hydrogen (secondary N) is 1. The first kappa shape index (κ1) is 13.2. The molecular formula is C10H18N2O3S. The maximum atomic E-state index is 11.7. The molecule has 1 heterocycles. The van der Waals surface area contributed by atoms with Crippen molar-refractivity contribution in [2.75, 3.05) is 13.1 Å². The number of carbonyl (C=O) groups is 2. The van der Waals surface area contributed by atoms with E-state index in [1.54, 1.807) is 4.90 Å². The first-order chi connectivity index (χ1) is 7.40. The van der Waals surface area contributed by atoms with E-state index in [1.165, 1.54) is 6.92 Å². The topological polar surface area (TPSA) is 69.6 Å². The molecule has 0 spiro atoms. The van der Waals surface area contributed by atoms with Gasteiger partial charge in [0.1, 0.15) is 6.04 Å². The first-order valence-corrected chi connectivity index (χ1v) is 6.28. The van der Waals surface area contributed by atoms with E-state index in [4.69, 9.17) is 5.11 Å². The van der Waals surface area contributed by atoms with Crippen molar-refractivity contribution in [3.63, 3.8) is 0 Å². The van der Waals surface area contributed by atoms with Crippen molar-refractivity contribution in [1.82, 2.24) is 10.2 Å². The lowest BCUT2D eigenvalue weighted by atomic mass is 10.3. The summed E-state index contributed by atoms with van der Waals surface area (Å²) in [4.78, 5) is 24.0. The molecule has 3 atom stereocenters. The molecule has 0 aliphatic carbocycles. The molecule has 1 fully saturated rings. The van der Waals surface area contributed by atoms with E-state index < -0.39 is 12.0 Å². The summed E-state index contributed by atoms with van der Waals surface area (Å²) in [6.45, 7) is 6.95. The van der Waals surface area contributed by atoms with Crippen molar-refractivity contribution in [3.8, 4) is 0 Å². The Bertz CT molecular complexity index is 275. The van der Waals surface area contributed by atoms with Gasteiger partial charge in [-0.25, -0.2) is 4.79 Å². The summed E-state index contributed by atoms with van der Waals surface area (Å²) in [5.41, 5.74) is 0. The minimum Gasteiger partial charge on any atom is -0.480 e. The van der Waals surface area contributed by atoms with Crippen LogP contribution in [0.25, 0.3) is 0 Å². The van der Waals surface area contributed by atoms with Crippen LogP contribution in [-0.2, 0) is 4.79 Å². The van der Waals surface area contributed by atoms with E-state index in [0.29, 0.717) is 23.6 Å². The van der Waals surface area contributed by atoms with Crippen LogP contribution in [0.1, 0.15) is 20.8 Å². The summed E-state index contributed by atoms with van der Waals surface area (Å²) in [5, 5.41) is 12.0. The zero-order valence-corrected chi connectivity index (χ0v) is 10.6. The number of carbonyl (C=O) groups excluding carboxylic acids is 1. The largest absolute Gasteiger partial charge is 0.480 e. The quantitative estimate of drug-likeness (QED) is 0.762. The minimum absolute atomic E-state index is 0.283. The molecule has 0 bridgehead atoms. The average molecular weight is 246 g/mol. The van der Waals surface area contributed by atoms with Crippen LogP contribution in [0.15, 0.2) is 0 Å². The van der Waals surface area contributed by atoms with Crippen LogP contribution >= 0.6 is 11.8 Å². The Balaban J connectivity index is 2.50. The van der Waals surface area contributed by atoms with E-state index in [9.17, 15) is 9.59 Å². The molecule has 1 saturated heterocycles. The van der Waals surface area contributed by atoms with Crippen molar-refractivity contribution in [2.24, 2.45) is 0 Å². The number of aliphatic carboxylic acids is 1. The smallest absolute Gasteiger partial charge is 0.325 e. The molecule has 0 radical (unpaired) electrons. The first-order valence-electron chi connectivity index (χ1n) is 5.34. The van der Waals surface area contributed by atoms with Gasteiger partial charge in [-0.2, -0.15) is 11.8 Å². The highest BCUT2D eigenvalue weighted by atomic mass is 32.2. The number of rotatable bonds is 2. The van der Waals surface area contributed by atoms with Crippen molar-refractivity contribution in [3.05, 3.63) is 0 Å². The highest BCUT2D eigenvalue weighted by Crippen LogP contribution is 2.24. The second kappa shape index (κ2) is 5.43. The van der Waals surface area contributed by atoms with Crippen LogP contribution < -0.4 is 5.32 Å². The Morgan fingerprint density at radius 1 is 1.38 bits per heavy atom. The lowest BCUT2D eigenvalue weighted by molar-refractivity contribution is -0.138. The van der Waals surface area contributed by atoms with Crippen molar-refractivity contribution in [1.29, 1.82) is 0 Å². The summed E-state index contributed by atoms with van der Waals surface area (Å²) < 4.78 is 0. The number of carboxylic acid groups (broad SMARTS) is 1. The second-order valence-corrected chi connectivity index (χ2v) is 6.05. The monoisotopic (exact) mass is 246 g/mol. The van der Waals surface area contributed by atoms with E-state index in [1.807, 2.05) is 11.8 Å². The lowest BCUT2D eigenvalue weighted by Crippen LogP contribution is -2.51. The van der Waals surface area contributed by atoms with E-state index in [-0.39, 0.29) is 6.03 Å². The zero-order valence-electron chi connectivity index (χ0n) is 9.77. The summed E-state index contributed by atoms with van der Waals surface area (Å²) in [7, 11) is 0. The Kier molecular flexibility index (Phi) is 4.46. The van der Waals surface area contributed by atoms with Crippen molar-refractivity contribution < 1.29 is 14.7 Å². The number of carboxylic acids is 1. The van der Waals surface area contributed by atoms with Gasteiger partial charge in [0.25, 0.3) is 0 Å². The summed E-state index contributed by atoms with van der Waals surface area (Å²) in [5.74, 6) is -1.01. The van der Waals surface area contributed by atoms with E-state index in [2.05, 4.69) is 19.2 Å². The molecule has 1 rings (SSSR count). The highest BCUT2D eigenvalue weighted by molar-refractivity contribution is 8.00. The van der Waals surface area contributed by atoms with Gasteiger partial charge < -0.3 is 15.3 Å². The number of nitrogens with zero attached hydrogens (tertiary/aromatic N) is 1. The number of hydrogen-bond acceptors (Lipinski definition) is 3. The van der Waals surface area contributed by atoms with Gasteiger partial charge in [0.2, 0.25) is 0 Å². The third kappa shape index (κ3) is 3.59. The maximum absolute atomic E-state index is 11.7. The predicted molar refractivity (Wildman–Crippen MR) is 63.7 cm³/mol. The van der Waals surface area contributed by atoms with Gasteiger partial charge in [0.15, 0.2) is 0 Å². The maximum Gasteiger partial charge on any atom is 0.325 e. The number of urea groups is 1. The van der Waals surface area contributed by atoms with Gasteiger partial charge in [-0.15, -0.1) is 0 Å². The second-order valence-electron chi connectivity index (χ2n) is 4.17. The number of thioether (sulfide) groups is 1. The number of amides is 2. The SMILES string of the molecule is CC1CN(C(=O)N[C@@H](C)C(=O)O)CC(C)S1. The molecule has 2 N–H and O–H groups in total. The summed E-state index contributed by atoms with van der Waals surface area (Å²) in [6.07, 6.45) is 0. The third-order valence-electron chi connectivity index (χ3n) is 2.42. The summed E-state index contributed by atoms with van der Waals surface area (Å²) in [6, 6.07) is -1.12. The standard InChI is InChI=1S/C10H18N2O3S/c1-6-4-12(5-7(2)16-6)10(15)11-8(3)9(13)14/h6-8H,4-5H2,1-3H3,(H,11,15)(H,13,14)/t6?,7?,8-/m0/s1. The van der Waals surface area contributed by atoms with E-state index in [0.717, 1.165) is 0 Å². The molecule has 5 nitrogen and oxygen atoms in total. The Hall–Kier alpha value is -0.910. The molecule has 1 aliphatic rings. The van der Waals surface area contributed by atoms with Gasteiger partial charge in [0.05, 0.1) is 0 Å². The zero-order chi connectivity index (χ0) is 12.3. The van der Waals surface area contributed by atoms with Gasteiger partial charge in [0, 0.05) is 23.6 Å². The molecule has 16 heavy (non-hydrogen) atoms. The number of hydrogen-bond donors (Lipinski definition) is 2. The van der Waals surface area contributed by atoms with Crippen LogP contribution in [0.2, 0.25) is 0 Å². The molecule has 0 saturated carbocycles. The fourth-order valence-electron chi connectivity index (χ4n) is 1.68. The predicted octanol–water partition coefficient (Wildman–Crippen LogP) is 0.995. The molecular weight excluding hydrogens is 228 g/mol. The van der Waals surface area contributed by atoms with E-state index >= 15 is 0 Å². The normalized spacial score (nSPS) is 27.3. The van der Waals surface area contributed by atoms with Gasteiger partial charge in [-0.1, -0.05) is 13.8 Å². The summed E-state index contributed by atoms with van der Waals surface area (Å²) >= 11 is 1.85. The Labute approximate surface area is 99.6 Å². The van der Waals surface area contributed by atoms with Crippen LogP contribution in [0.3, 0.4) is 0 Å². The van der Waals surface area contributed by atoms with Crippen molar-refractivity contribution >= 4 is 23.8 Å². The lowest BCUT2D eigenvalue weighted by Gasteiger charge is -2.34. The Morgan fingerprint density at radius 3 is 2.31 bits per heavy atom. The van der Waals surface area contributed by atoms with Crippen molar-refractivity contribution in [2.45, 2.75) is 37.3 Å². The van der Waals surface area contributed by atoms with Crippen LogP contribution in [0, 0.1) is 0 Å². The highest BCUT2D eigenvalue weighted by Gasteiger charge is 2.27. The molecule has 2 unspecified atom stereocenters. The molecule has 6 heteroatoms. The Morgan fingerprint density at radius 2 is 1.88 bits per heavy atom. The van der Waals surface area contributed by atoms with Crippen LogP contribution in [0.5, 0.6) is 0 Å². The molecule has 1 aliphatic heterocycles. The van der Waals surface area contributed by atoms with Gasteiger partial charge in [-0.05, 0) is 6.92 Å². The minimum atomic E-state index is -1.01.